The molecule has 0 unspecified atom stereocenters. The maximum Gasteiger partial charge on any atom is 0.0848 e. The van der Waals surface area contributed by atoms with E-state index in [1.165, 1.54) is 25.7 Å². The summed E-state index contributed by atoms with van der Waals surface area (Å²) in [5.74, 6) is 0. The van der Waals surface area contributed by atoms with Crippen LogP contribution >= 0.6 is 0 Å². The molecule has 2 nitrogen and oxygen atoms in total. The van der Waals surface area contributed by atoms with Gasteiger partial charge in [-0.25, -0.2) is 0 Å². The van der Waals surface area contributed by atoms with Crippen LogP contribution in [0.5, 0.6) is 0 Å². The van der Waals surface area contributed by atoms with Gasteiger partial charge in [-0.1, -0.05) is 25.0 Å². The molecule has 0 amide bonds. The number of aliphatic hydroxyl groups excluding tert-OH is 1. The number of hydrogen-bond donors (Lipinski definition) is 1. The van der Waals surface area contributed by atoms with E-state index < -0.39 is 0 Å². The lowest BCUT2D eigenvalue weighted by atomic mass is 10.1. The van der Waals surface area contributed by atoms with Gasteiger partial charge in [0.15, 0.2) is 0 Å². The molecular formula is C10H17NO. The average molecular weight is 167 g/mol. The lowest BCUT2D eigenvalue weighted by Crippen LogP contribution is -2.41. The van der Waals surface area contributed by atoms with E-state index in [0.717, 1.165) is 19.1 Å². The van der Waals surface area contributed by atoms with E-state index in [2.05, 4.69) is 11.0 Å². The third kappa shape index (κ3) is 1.70. The van der Waals surface area contributed by atoms with Crippen molar-refractivity contribution in [1.82, 2.24) is 4.90 Å². The first-order valence-electron chi connectivity index (χ1n) is 4.95. The van der Waals surface area contributed by atoms with Crippen molar-refractivity contribution in [2.24, 2.45) is 0 Å². The second-order valence-electron chi connectivity index (χ2n) is 3.89. The Bertz CT molecular complexity index is 173. The van der Waals surface area contributed by atoms with Crippen LogP contribution < -0.4 is 0 Å². The molecule has 0 aromatic rings. The average Bonchev–Trinajstić information content (AvgIpc) is 2.56. The number of hydrogen-bond acceptors (Lipinski definition) is 2. The fourth-order valence-electron chi connectivity index (χ4n) is 2.30. The summed E-state index contributed by atoms with van der Waals surface area (Å²) in [5.41, 5.74) is 0. The molecule has 0 saturated heterocycles. The summed E-state index contributed by atoms with van der Waals surface area (Å²) >= 11 is 0. The minimum absolute atomic E-state index is 0.223. The van der Waals surface area contributed by atoms with Crippen LogP contribution in [0.2, 0.25) is 0 Å². The van der Waals surface area contributed by atoms with Crippen molar-refractivity contribution < 1.29 is 5.11 Å². The lowest BCUT2D eigenvalue weighted by molar-refractivity contribution is 0.114. The quantitative estimate of drug-likeness (QED) is 0.592. The first-order valence-corrected chi connectivity index (χ1v) is 4.95. The molecule has 0 aromatic carbocycles. The van der Waals surface area contributed by atoms with Crippen LogP contribution in [0.4, 0.5) is 0 Å². The Morgan fingerprint density at radius 1 is 1.25 bits per heavy atom. The van der Waals surface area contributed by atoms with E-state index >= 15 is 0 Å². The maximum absolute atomic E-state index is 9.41. The Morgan fingerprint density at radius 2 is 2.00 bits per heavy atom. The third-order valence-corrected chi connectivity index (χ3v) is 2.96. The van der Waals surface area contributed by atoms with Crippen LogP contribution in [0, 0.1) is 0 Å². The summed E-state index contributed by atoms with van der Waals surface area (Å²) < 4.78 is 0. The van der Waals surface area contributed by atoms with Crippen LogP contribution in [0.25, 0.3) is 0 Å². The molecule has 12 heavy (non-hydrogen) atoms. The zero-order valence-corrected chi connectivity index (χ0v) is 7.45. The molecule has 0 aromatic heterocycles. The van der Waals surface area contributed by atoms with E-state index in [1.54, 1.807) is 0 Å². The molecule has 2 heteroatoms. The molecule has 1 aliphatic carbocycles. The third-order valence-electron chi connectivity index (χ3n) is 2.96. The highest BCUT2D eigenvalue weighted by Gasteiger charge is 2.24. The lowest BCUT2D eigenvalue weighted by Gasteiger charge is -2.31. The Balaban J connectivity index is 1.91. The predicted molar refractivity (Wildman–Crippen MR) is 49.0 cm³/mol. The Labute approximate surface area is 73.9 Å². The zero-order chi connectivity index (χ0) is 8.39. The molecule has 1 fully saturated rings. The van der Waals surface area contributed by atoms with Gasteiger partial charge in [0.05, 0.1) is 6.10 Å². The molecule has 2 aliphatic rings. The summed E-state index contributed by atoms with van der Waals surface area (Å²) in [6.45, 7) is 1.89. The minimum atomic E-state index is -0.223. The van der Waals surface area contributed by atoms with Gasteiger partial charge in [-0.15, -0.1) is 0 Å². The highest BCUT2D eigenvalue weighted by atomic mass is 16.3. The van der Waals surface area contributed by atoms with E-state index in [4.69, 9.17) is 0 Å². The molecule has 1 N–H and O–H groups in total. The van der Waals surface area contributed by atoms with Crippen molar-refractivity contribution in [2.45, 2.75) is 37.8 Å². The van der Waals surface area contributed by atoms with E-state index in [1.807, 2.05) is 6.08 Å². The summed E-state index contributed by atoms with van der Waals surface area (Å²) in [4.78, 5) is 2.41. The largest absolute Gasteiger partial charge is 0.388 e. The van der Waals surface area contributed by atoms with Gasteiger partial charge in [0.2, 0.25) is 0 Å². The van der Waals surface area contributed by atoms with Crippen molar-refractivity contribution in [3.8, 4) is 0 Å². The summed E-state index contributed by atoms with van der Waals surface area (Å²) in [6.07, 6.45) is 9.19. The summed E-state index contributed by atoms with van der Waals surface area (Å²) in [5, 5.41) is 9.41. The zero-order valence-electron chi connectivity index (χ0n) is 7.45. The Hall–Kier alpha value is -0.340. The van der Waals surface area contributed by atoms with Crippen molar-refractivity contribution in [3.05, 3.63) is 12.2 Å². The van der Waals surface area contributed by atoms with Crippen molar-refractivity contribution in [1.29, 1.82) is 0 Å². The van der Waals surface area contributed by atoms with Crippen LogP contribution in [0.1, 0.15) is 25.7 Å². The van der Waals surface area contributed by atoms with Crippen LogP contribution in [-0.4, -0.2) is 35.2 Å². The second kappa shape index (κ2) is 3.58. The molecule has 1 saturated carbocycles. The summed E-state index contributed by atoms with van der Waals surface area (Å²) in [7, 11) is 0. The molecule has 68 valence electrons. The van der Waals surface area contributed by atoms with Gasteiger partial charge >= 0.3 is 0 Å². The van der Waals surface area contributed by atoms with E-state index in [9.17, 15) is 5.11 Å². The van der Waals surface area contributed by atoms with Gasteiger partial charge < -0.3 is 5.11 Å². The molecule has 1 aliphatic heterocycles. The predicted octanol–water partition coefficient (Wildman–Crippen LogP) is 1.16. The first-order chi connectivity index (χ1) is 5.86. The van der Waals surface area contributed by atoms with Crippen molar-refractivity contribution in [2.75, 3.05) is 13.1 Å². The fourth-order valence-corrected chi connectivity index (χ4v) is 2.30. The highest BCUT2D eigenvalue weighted by Crippen LogP contribution is 2.24. The number of aliphatic hydroxyl groups is 1. The summed E-state index contributed by atoms with van der Waals surface area (Å²) in [6, 6.07) is 0.754. The van der Waals surface area contributed by atoms with Gasteiger partial charge in [0.25, 0.3) is 0 Å². The van der Waals surface area contributed by atoms with Crippen molar-refractivity contribution >= 4 is 0 Å². The smallest absolute Gasteiger partial charge is 0.0848 e. The number of nitrogens with zero attached hydrogens (tertiary/aromatic N) is 1. The molecule has 0 radical (unpaired) electrons. The number of rotatable bonds is 1. The minimum Gasteiger partial charge on any atom is -0.388 e. The first kappa shape index (κ1) is 8.27. The highest BCUT2D eigenvalue weighted by molar-refractivity contribution is 4.99. The van der Waals surface area contributed by atoms with Crippen LogP contribution in [-0.2, 0) is 0 Å². The second-order valence-corrected chi connectivity index (χ2v) is 3.89. The van der Waals surface area contributed by atoms with Crippen LogP contribution in [0.3, 0.4) is 0 Å². The van der Waals surface area contributed by atoms with Gasteiger partial charge in [-0.05, 0) is 12.8 Å². The topological polar surface area (TPSA) is 23.5 Å². The van der Waals surface area contributed by atoms with Gasteiger partial charge in [-0.3, -0.25) is 4.90 Å². The van der Waals surface area contributed by atoms with Gasteiger partial charge in [0, 0.05) is 19.1 Å². The van der Waals surface area contributed by atoms with Crippen LogP contribution in [0.15, 0.2) is 12.2 Å². The van der Waals surface area contributed by atoms with Gasteiger partial charge in [0.1, 0.15) is 0 Å². The monoisotopic (exact) mass is 167 g/mol. The maximum atomic E-state index is 9.41. The molecule has 0 spiro atoms. The van der Waals surface area contributed by atoms with E-state index in [-0.39, 0.29) is 6.10 Å². The van der Waals surface area contributed by atoms with E-state index in [0.29, 0.717) is 0 Å². The molecular weight excluding hydrogens is 150 g/mol. The standard InChI is InChI=1S/C10H17NO/c12-10-6-3-7-11(8-10)9-4-1-2-5-9/h3,6,9-10,12H,1-2,4-5,7-8H2/t10-/m1/s1. The molecule has 1 atom stereocenters. The fraction of sp³-hybridized carbons (Fsp3) is 0.800. The molecule has 2 rings (SSSR count). The normalized spacial score (nSPS) is 32.9. The van der Waals surface area contributed by atoms with Crippen molar-refractivity contribution in [3.63, 3.8) is 0 Å². The van der Waals surface area contributed by atoms with Gasteiger partial charge in [-0.2, -0.15) is 0 Å². The Kier molecular flexibility index (Phi) is 2.47. The molecule has 0 bridgehead atoms. The Morgan fingerprint density at radius 3 is 2.67 bits per heavy atom. The SMILES string of the molecule is O[C@@H]1C=CCN(C2CCCC2)C1. The number of β-amino-alcohol motifs (C(OH)–C–C–N with tert-alkyl or cyclic N) is 1. The molecule has 1 heterocycles.